The fourth-order valence-corrected chi connectivity index (χ4v) is 4.34. The first-order valence-corrected chi connectivity index (χ1v) is 9.45. The number of rotatable bonds is 3. The van der Waals surface area contributed by atoms with Gasteiger partial charge in [-0.1, -0.05) is 50.4 Å². The first-order chi connectivity index (χ1) is 12.0. The van der Waals surface area contributed by atoms with Crippen molar-refractivity contribution in [3.8, 4) is 0 Å². The number of para-hydroxylation sites is 1. The molecule has 1 aromatic heterocycles. The number of benzene rings is 1. The van der Waals surface area contributed by atoms with Crippen molar-refractivity contribution in [3.05, 3.63) is 45.7 Å². The van der Waals surface area contributed by atoms with E-state index in [1.165, 1.54) is 18.4 Å². The summed E-state index contributed by atoms with van der Waals surface area (Å²) in [6.45, 7) is 3.74. The van der Waals surface area contributed by atoms with E-state index in [9.17, 15) is 9.59 Å². The van der Waals surface area contributed by atoms with Gasteiger partial charge >= 0.3 is 5.97 Å². The Morgan fingerprint density at radius 1 is 1.28 bits per heavy atom. The average Bonchev–Trinajstić information content (AvgIpc) is 2.93. The maximum Gasteiger partial charge on any atom is 0.345 e. The van der Waals surface area contributed by atoms with Gasteiger partial charge in [-0.3, -0.25) is 4.79 Å². The van der Waals surface area contributed by atoms with Gasteiger partial charge in [-0.2, -0.15) is 0 Å². The second-order valence-corrected chi connectivity index (χ2v) is 7.91. The second-order valence-electron chi connectivity index (χ2n) is 7.48. The van der Waals surface area contributed by atoms with Crippen LogP contribution in [-0.4, -0.2) is 16.1 Å². The number of aromatic nitrogens is 1. The molecule has 2 heterocycles. The molecule has 3 unspecified atom stereocenters. The van der Waals surface area contributed by atoms with Gasteiger partial charge in [-0.25, -0.2) is 4.79 Å². The molecule has 1 aliphatic heterocycles. The fraction of sp³-hybridized carbons (Fsp3) is 0.500. The SMILES string of the molecule is CC(C)C(Cl)OC(=O)c1cn2c3c(cccc3c1=O)C1CCCCC12. The van der Waals surface area contributed by atoms with E-state index in [4.69, 9.17) is 16.3 Å². The molecule has 4 nitrogen and oxygen atoms in total. The van der Waals surface area contributed by atoms with Gasteiger partial charge in [0.25, 0.3) is 0 Å². The molecule has 0 N–H and O–H groups in total. The number of carbonyl (C=O) groups excluding carboxylic acids is 1. The quantitative estimate of drug-likeness (QED) is 0.594. The van der Waals surface area contributed by atoms with E-state index < -0.39 is 11.5 Å². The topological polar surface area (TPSA) is 48.3 Å². The molecule has 0 bridgehead atoms. The molecule has 0 spiro atoms. The van der Waals surface area contributed by atoms with E-state index in [0.29, 0.717) is 17.3 Å². The van der Waals surface area contributed by atoms with Crippen LogP contribution in [0.15, 0.2) is 29.2 Å². The molecule has 1 saturated carbocycles. The highest BCUT2D eigenvalue weighted by atomic mass is 35.5. The lowest BCUT2D eigenvalue weighted by atomic mass is 9.82. The highest BCUT2D eigenvalue weighted by Gasteiger charge is 2.36. The number of ether oxygens (including phenoxy) is 1. The highest BCUT2D eigenvalue weighted by Crippen LogP contribution is 2.48. The van der Waals surface area contributed by atoms with Crippen molar-refractivity contribution in [2.24, 2.45) is 5.92 Å². The molecular formula is C20H22ClNO3. The summed E-state index contributed by atoms with van der Waals surface area (Å²) in [5, 5.41) is 0.608. The smallest absolute Gasteiger partial charge is 0.345 e. The maximum atomic E-state index is 12.9. The summed E-state index contributed by atoms with van der Waals surface area (Å²) in [5.74, 6) is -0.202. The van der Waals surface area contributed by atoms with Crippen molar-refractivity contribution in [3.63, 3.8) is 0 Å². The summed E-state index contributed by atoms with van der Waals surface area (Å²) in [6.07, 6.45) is 6.32. The monoisotopic (exact) mass is 359 g/mol. The number of pyridine rings is 1. The largest absolute Gasteiger partial charge is 0.442 e. The Kier molecular flexibility index (Phi) is 4.11. The lowest BCUT2D eigenvalue weighted by molar-refractivity contribution is 0.0377. The minimum absolute atomic E-state index is 0.0155. The molecule has 1 fully saturated rings. The molecule has 1 aromatic carbocycles. The molecular weight excluding hydrogens is 338 g/mol. The summed E-state index contributed by atoms with van der Waals surface area (Å²) < 4.78 is 7.44. The molecule has 4 rings (SSSR count). The van der Waals surface area contributed by atoms with E-state index in [1.807, 2.05) is 26.0 Å². The van der Waals surface area contributed by atoms with Crippen LogP contribution < -0.4 is 5.43 Å². The highest BCUT2D eigenvalue weighted by molar-refractivity contribution is 6.20. The standard InChI is InChI=1S/C20H22ClNO3/c1-11(2)19(21)25-20(24)15-10-22-16-9-4-3-6-12(16)13-7-5-8-14(17(13)22)18(15)23/h5,7-8,10-12,16,19H,3-4,6,9H2,1-2H3. The number of nitrogens with zero attached hydrogens (tertiary/aromatic N) is 1. The van der Waals surface area contributed by atoms with Crippen LogP contribution in [0.5, 0.6) is 0 Å². The van der Waals surface area contributed by atoms with Crippen LogP contribution in [-0.2, 0) is 4.74 Å². The van der Waals surface area contributed by atoms with Crippen LogP contribution in [0.3, 0.4) is 0 Å². The van der Waals surface area contributed by atoms with Crippen LogP contribution in [0.1, 0.15) is 67.4 Å². The second kappa shape index (κ2) is 6.17. The zero-order valence-electron chi connectivity index (χ0n) is 14.5. The molecule has 25 heavy (non-hydrogen) atoms. The third-order valence-corrected chi connectivity index (χ3v) is 6.13. The van der Waals surface area contributed by atoms with Gasteiger partial charge in [0.15, 0.2) is 5.56 Å². The van der Waals surface area contributed by atoms with Crippen molar-refractivity contribution in [2.45, 2.75) is 57.1 Å². The third-order valence-electron chi connectivity index (χ3n) is 5.53. The van der Waals surface area contributed by atoms with Crippen molar-refractivity contribution in [1.29, 1.82) is 0 Å². The lowest BCUT2D eigenvalue weighted by Crippen LogP contribution is -2.25. The third kappa shape index (κ3) is 2.58. The minimum atomic E-state index is -0.741. The van der Waals surface area contributed by atoms with E-state index >= 15 is 0 Å². The molecule has 0 radical (unpaired) electrons. The fourth-order valence-electron chi connectivity index (χ4n) is 4.26. The van der Waals surface area contributed by atoms with E-state index in [-0.39, 0.29) is 16.9 Å². The molecule has 5 heteroatoms. The number of fused-ring (bicyclic) bond motifs is 3. The van der Waals surface area contributed by atoms with Crippen LogP contribution in [0.2, 0.25) is 0 Å². The molecule has 1 aliphatic carbocycles. The number of esters is 1. The summed E-state index contributed by atoms with van der Waals surface area (Å²) in [5.41, 5.74) is 1.32. The van der Waals surface area contributed by atoms with Crippen molar-refractivity contribution < 1.29 is 9.53 Å². The zero-order chi connectivity index (χ0) is 17.7. The predicted molar refractivity (Wildman–Crippen MR) is 98.3 cm³/mol. The van der Waals surface area contributed by atoms with E-state index in [0.717, 1.165) is 18.4 Å². The first-order valence-electron chi connectivity index (χ1n) is 9.02. The molecule has 2 aliphatic rings. The van der Waals surface area contributed by atoms with Gasteiger partial charge in [0.1, 0.15) is 5.56 Å². The zero-order valence-corrected chi connectivity index (χ0v) is 15.3. The molecule has 132 valence electrons. The summed E-state index contributed by atoms with van der Waals surface area (Å²) in [4.78, 5) is 25.5. The summed E-state index contributed by atoms with van der Waals surface area (Å²) in [7, 11) is 0. The van der Waals surface area contributed by atoms with Crippen LogP contribution in [0, 0.1) is 5.92 Å². The first kappa shape index (κ1) is 16.6. The van der Waals surface area contributed by atoms with Crippen LogP contribution in [0.4, 0.5) is 0 Å². The Balaban J connectivity index is 1.85. The number of carbonyl (C=O) groups is 1. The number of alkyl halides is 1. The van der Waals surface area contributed by atoms with Crippen LogP contribution >= 0.6 is 11.6 Å². The number of halogens is 1. The normalized spacial score (nSPS) is 22.9. The van der Waals surface area contributed by atoms with Gasteiger partial charge in [0, 0.05) is 29.5 Å². The lowest BCUT2D eigenvalue weighted by Gasteiger charge is -2.27. The minimum Gasteiger partial charge on any atom is -0.442 e. The van der Waals surface area contributed by atoms with Gasteiger partial charge in [0.2, 0.25) is 5.43 Å². The van der Waals surface area contributed by atoms with Gasteiger partial charge in [-0.05, 0) is 24.5 Å². The van der Waals surface area contributed by atoms with Gasteiger partial charge in [-0.15, -0.1) is 0 Å². The van der Waals surface area contributed by atoms with Crippen molar-refractivity contribution in [1.82, 2.24) is 4.57 Å². The average molecular weight is 360 g/mol. The van der Waals surface area contributed by atoms with E-state index in [1.54, 1.807) is 6.20 Å². The van der Waals surface area contributed by atoms with Gasteiger partial charge in [0.05, 0.1) is 5.52 Å². The molecule has 2 aromatic rings. The van der Waals surface area contributed by atoms with Crippen LogP contribution in [0.25, 0.3) is 10.9 Å². The number of hydrogen-bond acceptors (Lipinski definition) is 3. The van der Waals surface area contributed by atoms with Crippen molar-refractivity contribution >= 4 is 28.5 Å². The Bertz CT molecular complexity index is 902. The van der Waals surface area contributed by atoms with E-state index in [2.05, 4.69) is 10.6 Å². The number of hydrogen-bond donors (Lipinski definition) is 0. The Hall–Kier alpha value is -1.81. The molecule has 3 atom stereocenters. The predicted octanol–water partition coefficient (Wildman–Crippen LogP) is 4.59. The van der Waals surface area contributed by atoms with Crippen molar-refractivity contribution in [2.75, 3.05) is 0 Å². The Morgan fingerprint density at radius 3 is 2.80 bits per heavy atom. The maximum absolute atomic E-state index is 12.9. The molecule has 0 amide bonds. The Labute approximate surface area is 151 Å². The molecule has 0 saturated heterocycles. The summed E-state index contributed by atoms with van der Waals surface area (Å²) in [6, 6.07) is 6.19. The summed E-state index contributed by atoms with van der Waals surface area (Å²) >= 11 is 6.07. The Morgan fingerprint density at radius 2 is 2.04 bits per heavy atom. The van der Waals surface area contributed by atoms with Gasteiger partial charge < -0.3 is 9.30 Å².